The molecule has 0 atom stereocenters. The molecule has 3 N–H and O–H groups in total. The smallest absolute Gasteiger partial charge is 0.335 e. The van der Waals surface area contributed by atoms with Crippen LogP contribution in [0.1, 0.15) is 10.4 Å². The maximum atomic E-state index is 11.2. The van der Waals surface area contributed by atoms with Gasteiger partial charge in [-0.25, -0.2) is 17.9 Å². The van der Waals surface area contributed by atoms with Crippen molar-refractivity contribution in [1.82, 2.24) is 4.72 Å². The highest BCUT2D eigenvalue weighted by Crippen LogP contribution is 2.19. The topological polar surface area (TPSA) is 95.5 Å². The summed E-state index contributed by atoms with van der Waals surface area (Å²) in [5, 5.41) is 11.7. The lowest BCUT2D eigenvalue weighted by atomic mass is 10.2. The highest BCUT2D eigenvalue weighted by atomic mass is 79.9. The van der Waals surface area contributed by atoms with Gasteiger partial charge in [0.15, 0.2) is 0 Å². The van der Waals surface area contributed by atoms with E-state index in [2.05, 4.69) is 26.0 Å². The van der Waals surface area contributed by atoms with Crippen molar-refractivity contribution in [2.75, 3.05) is 24.7 Å². The van der Waals surface area contributed by atoms with Crippen LogP contribution in [-0.2, 0) is 10.0 Å². The number of benzene rings is 1. The second-order valence-corrected chi connectivity index (χ2v) is 6.45. The van der Waals surface area contributed by atoms with Crippen LogP contribution >= 0.6 is 15.9 Å². The first kappa shape index (κ1) is 14.9. The van der Waals surface area contributed by atoms with Crippen LogP contribution in [0.3, 0.4) is 0 Å². The van der Waals surface area contributed by atoms with E-state index in [1.165, 1.54) is 19.2 Å². The molecule has 0 fully saturated rings. The third-order valence-corrected chi connectivity index (χ3v) is 3.98. The number of hydrogen-bond acceptors (Lipinski definition) is 4. The third-order valence-electron chi connectivity index (χ3n) is 2.16. The number of carbonyl (C=O) groups is 1. The van der Waals surface area contributed by atoms with Crippen LogP contribution in [0.5, 0.6) is 0 Å². The van der Waals surface area contributed by atoms with Crippen molar-refractivity contribution >= 4 is 37.6 Å². The molecule has 1 aromatic carbocycles. The first-order valence-electron chi connectivity index (χ1n) is 5.03. The highest BCUT2D eigenvalue weighted by Gasteiger charge is 2.08. The van der Waals surface area contributed by atoms with E-state index in [4.69, 9.17) is 5.11 Å². The summed E-state index contributed by atoms with van der Waals surface area (Å²) in [6.45, 7) is 0.193. The summed E-state index contributed by atoms with van der Waals surface area (Å²) in [5.74, 6) is -1.12. The van der Waals surface area contributed by atoms with Gasteiger partial charge < -0.3 is 10.4 Å². The molecule has 0 heterocycles. The Balaban J connectivity index is 2.71. The standard InChI is InChI=1S/C10H13BrN2O4S/c1-12-18(16,17)3-2-13-9-5-7(10(14)15)4-8(11)6-9/h4-6,12-13H,2-3H2,1H3,(H,14,15). The fourth-order valence-electron chi connectivity index (χ4n) is 1.25. The minimum absolute atomic E-state index is 0.0849. The Morgan fingerprint density at radius 1 is 1.39 bits per heavy atom. The summed E-state index contributed by atoms with van der Waals surface area (Å²) in [6.07, 6.45) is 0. The number of rotatable bonds is 6. The molecule has 0 unspecified atom stereocenters. The van der Waals surface area contributed by atoms with Crippen LogP contribution in [0.15, 0.2) is 22.7 Å². The van der Waals surface area contributed by atoms with E-state index >= 15 is 0 Å². The van der Waals surface area contributed by atoms with E-state index in [0.29, 0.717) is 10.2 Å². The van der Waals surface area contributed by atoms with Crippen LogP contribution in [0, 0.1) is 0 Å². The molecule has 0 aliphatic heterocycles. The number of hydrogen-bond donors (Lipinski definition) is 3. The molecule has 100 valence electrons. The number of carboxylic acids is 1. The van der Waals surface area contributed by atoms with Crippen molar-refractivity contribution in [3.05, 3.63) is 28.2 Å². The summed E-state index contributed by atoms with van der Waals surface area (Å²) in [6, 6.07) is 4.59. The van der Waals surface area contributed by atoms with Crippen molar-refractivity contribution in [3.63, 3.8) is 0 Å². The lowest BCUT2D eigenvalue weighted by molar-refractivity contribution is 0.0697. The molecule has 0 aliphatic carbocycles. The summed E-state index contributed by atoms with van der Waals surface area (Å²) in [5.41, 5.74) is 0.677. The lowest BCUT2D eigenvalue weighted by Gasteiger charge is -2.08. The largest absolute Gasteiger partial charge is 0.478 e. The lowest BCUT2D eigenvalue weighted by Crippen LogP contribution is -2.26. The third kappa shape index (κ3) is 4.63. The molecule has 1 rings (SSSR count). The van der Waals surface area contributed by atoms with Crippen molar-refractivity contribution in [2.45, 2.75) is 0 Å². The van der Waals surface area contributed by atoms with E-state index < -0.39 is 16.0 Å². The molecule has 18 heavy (non-hydrogen) atoms. The van der Waals surface area contributed by atoms with Gasteiger partial charge in [-0.15, -0.1) is 0 Å². The van der Waals surface area contributed by atoms with Gasteiger partial charge in [0.1, 0.15) is 0 Å². The molecule has 0 amide bonds. The van der Waals surface area contributed by atoms with Gasteiger partial charge in [-0.1, -0.05) is 15.9 Å². The monoisotopic (exact) mass is 336 g/mol. The van der Waals surface area contributed by atoms with Gasteiger partial charge in [0, 0.05) is 16.7 Å². The molecule has 8 heteroatoms. The normalized spacial score (nSPS) is 11.2. The number of aromatic carboxylic acids is 1. The zero-order valence-corrected chi connectivity index (χ0v) is 12.0. The molecule has 0 saturated heterocycles. The fraction of sp³-hybridized carbons (Fsp3) is 0.300. The van der Waals surface area contributed by atoms with Crippen molar-refractivity contribution in [3.8, 4) is 0 Å². The molecule has 0 spiro atoms. The molecule has 0 radical (unpaired) electrons. The van der Waals surface area contributed by atoms with Gasteiger partial charge in [-0.05, 0) is 25.2 Å². The Labute approximate surface area is 114 Å². The van der Waals surface area contributed by atoms with Crippen LogP contribution in [0.4, 0.5) is 5.69 Å². The Hall–Kier alpha value is -1.12. The van der Waals surface area contributed by atoms with Gasteiger partial charge in [-0.2, -0.15) is 0 Å². The molecular weight excluding hydrogens is 324 g/mol. The van der Waals surface area contributed by atoms with E-state index in [1.807, 2.05) is 0 Å². The fourth-order valence-corrected chi connectivity index (χ4v) is 2.32. The van der Waals surface area contributed by atoms with Crippen LogP contribution in [-0.4, -0.2) is 38.8 Å². The first-order valence-corrected chi connectivity index (χ1v) is 7.47. The van der Waals surface area contributed by atoms with Gasteiger partial charge >= 0.3 is 5.97 Å². The van der Waals surface area contributed by atoms with Crippen molar-refractivity contribution in [1.29, 1.82) is 0 Å². The summed E-state index contributed by atoms with van der Waals surface area (Å²) >= 11 is 3.19. The summed E-state index contributed by atoms with van der Waals surface area (Å²) < 4.78 is 25.2. The zero-order valence-electron chi connectivity index (χ0n) is 9.60. The van der Waals surface area contributed by atoms with Crippen LogP contribution in [0.2, 0.25) is 0 Å². The first-order chi connectivity index (χ1) is 8.34. The second-order valence-electron chi connectivity index (χ2n) is 3.48. The Bertz CT molecular complexity index is 545. The second kappa shape index (κ2) is 6.17. The predicted octanol–water partition coefficient (Wildman–Crippen LogP) is 1.11. The van der Waals surface area contributed by atoms with Crippen molar-refractivity contribution < 1.29 is 18.3 Å². The molecule has 1 aromatic rings. The number of halogens is 1. The number of nitrogens with one attached hydrogen (secondary N) is 2. The van der Waals surface area contributed by atoms with Crippen molar-refractivity contribution in [2.24, 2.45) is 0 Å². The average Bonchev–Trinajstić information content (AvgIpc) is 2.28. The average molecular weight is 337 g/mol. The molecule has 0 saturated carbocycles. The molecule has 0 bridgehead atoms. The van der Waals surface area contributed by atoms with Crippen LogP contribution in [0.25, 0.3) is 0 Å². The highest BCUT2D eigenvalue weighted by molar-refractivity contribution is 9.10. The quantitative estimate of drug-likeness (QED) is 0.723. The Morgan fingerprint density at radius 3 is 2.61 bits per heavy atom. The maximum absolute atomic E-state index is 11.2. The SMILES string of the molecule is CNS(=O)(=O)CCNc1cc(Br)cc(C(=O)O)c1. The maximum Gasteiger partial charge on any atom is 0.335 e. The molecule has 0 aromatic heterocycles. The predicted molar refractivity (Wildman–Crippen MR) is 72.4 cm³/mol. The minimum atomic E-state index is -3.27. The molecule has 6 nitrogen and oxygen atoms in total. The van der Waals surface area contributed by atoms with E-state index in [-0.39, 0.29) is 17.9 Å². The van der Waals surface area contributed by atoms with E-state index in [9.17, 15) is 13.2 Å². The van der Waals surface area contributed by atoms with Gasteiger partial charge in [0.25, 0.3) is 0 Å². The molecular formula is C10H13BrN2O4S. The van der Waals surface area contributed by atoms with Gasteiger partial charge in [0.05, 0.1) is 11.3 Å². The molecule has 0 aliphatic rings. The van der Waals surface area contributed by atoms with Crippen LogP contribution < -0.4 is 10.0 Å². The Kier molecular flexibility index (Phi) is 5.12. The zero-order chi connectivity index (χ0) is 13.8. The number of carboxylic acid groups (broad SMARTS) is 1. The number of sulfonamides is 1. The summed E-state index contributed by atoms with van der Waals surface area (Å²) in [4.78, 5) is 10.8. The van der Waals surface area contributed by atoms with E-state index in [0.717, 1.165) is 0 Å². The summed E-state index contributed by atoms with van der Waals surface area (Å²) in [7, 11) is -1.92. The Morgan fingerprint density at radius 2 is 2.06 bits per heavy atom. The van der Waals surface area contributed by atoms with Gasteiger partial charge in [-0.3, -0.25) is 0 Å². The van der Waals surface area contributed by atoms with E-state index in [1.54, 1.807) is 6.07 Å². The van der Waals surface area contributed by atoms with Gasteiger partial charge in [0.2, 0.25) is 10.0 Å². The number of anilines is 1. The minimum Gasteiger partial charge on any atom is -0.478 e.